The van der Waals surface area contributed by atoms with Crippen molar-refractivity contribution in [2.75, 3.05) is 13.2 Å². The maximum Gasteiger partial charge on any atom is 0.509 e. The first-order chi connectivity index (χ1) is 7.11. The molecule has 1 atom stereocenters. The summed E-state index contributed by atoms with van der Waals surface area (Å²) in [5.41, 5.74) is 0. The fourth-order valence-electron chi connectivity index (χ4n) is 0.688. The van der Waals surface area contributed by atoms with Crippen molar-refractivity contribution in [3.8, 4) is 0 Å². The largest absolute Gasteiger partial charge is 0.509 e. The highest BCUT2D eigenvalue weighted by molar-refractivity contribution is 5.77. The monoisotopic (exact) mass is 216 g/mol. The third-order valence-electron chi connectivity index (χ3n) is 1.42. The number of carbonyl (C=O) groups is 2. The first-order valence-electron chi connectivity index (χ1n) is 4.73. The van der Waals surface area contributed by atoms with E-state index in [9.17, 15) is 9.59 Å². The number of allylic oxidation sites excluding steroid dienone is 1. The lowest BCUT2D eigenvalue weighted by molar-refractivity contribution is -0.152. The van der Waals surface area contributed by atoms with Crippen LogP contribution in [-0.2, 0) is 19.0 Å². The summed E-state index contributed by atoms with van der Waals surface area (Å²) in [4.78, 5) is 22.0. The lowest BCUT2D eigenvalue weighted by atomic mass is 10.4. The van der Waals surface area contributed by atoms with E-state index in [1.54, 1.807) is 19.1 Å². The molecule has 0 aromatic carbocycles. The molecular weight excluding hydrogens is 200 g/mol. The first-order valence-corrected chi connectivity index (χ1v) is 4.73. The number of hydrogen-bond acceptors (Lipinski definition) is 5. The lowest BCUT2D eigenvalue weighted by Gasteiger charge is -2.11. The minimum Gasteiger partial charge on any atom is -0.459 e. The zero-order valence-electron chi connectivity index (χ0n) is 9.19. The van der Waals surface area contributed by atoms with Crippen LogP contribution < -0.4 is 0 Å². The Kier molecular flexibility index (Phi) is 7.05. The summed E-state index contributed by atoms with van der Waals surface area (Å²) >= 11 is 0. The van der Waals surface area contributed by atoms with Crippen LogP contribution in [-0.4, -0.2) is 31.4 Å². The Morgan fingerprint density at radius 2 is 2.00 bits per heavy atom. The van der Waals surface area contributed by atoms with Crippen molar-refractivity contribution >= 4 is 12.1 Å². The van der Waals surface area contributed by atoms with Gasteiger partial charge in [-0.15, -0.1) is 0 Å². The van der Waals surface area contributed by atoms with Crippen molar-refractivity contribution < 1.29 is 23.8 Å². The fourth-order valence-corrected chi connectivity index (χ4v) is 0.688. The summed E-state index contributed by atoms with van der Waals surface area (Å²) in [6.45, 7) is 5.27. The molecule has 0 unspecified atom stereocenters. The van der Waals surface area contributed by atoms with Crippen LogP contribution in [0.2, 0.25) is 0 Å². The number of carbonyl (C=O) groups excluding carboxylic acids is 2. The molecule has 0 aliphatic carbocycles. The van der Waals surface area contributed by atoms with Crippen molar-refractivity contribution in [3.63, 3.8) is 0 Å². The number of hydrogen-bond donors (Lipinski definition) is 0. The van der Waals surface area contributed by atoms with E-state index in [1.165, 1.54) is 6.92 Å². The van der Waals surface area contributed by atoms with Crippen LogP contribution in [0.1, 0.15) is 20.8 Å². The predicted molar refractivity (Wildman–Crippen MR) is 53.3 cm³/mol. The second-order valence-corrected chi connectivity index (χ2v) is 2.64. The molecule has 0 saturated carbocycles. The van der Waals surface area contributed by atoms with E-state index < -0.39 is 18.2 Å². The summed E-state index contributed by atoms with van der Waals surface area (Å²) in [6, 6.07) is 0. The molecule has 0 saturated heterocycles. The van der Waals surface area contributed by atoms with Crippen molar-refractivity contribution in [2.24, 2.45) is 0 Å². The molecule has 0 aromatic heterocycles. The minimum absolute atomic E-state index is 0.172. The van der Waals surface area contributed by atoms with Gasteiger partial charge < -0.3 is 14.2 Å². The highest BCUT2D eigenvalue weighted by atomic mass is 16.7. The molecule has 15 heavy (non-hydrogen) atoms. The fraction of sp³-hybridized carbons (Fsp3) is 0.600. The smallest absolute Gasteiger partial charge is 0.459 e. The van der Waals surface area contributed by atoms with Gasteiger partial charge in [0, 0.05) is 0 Å². The second kappa shape index (κ2) is 7.84. The van der Waals surface area contributed by atoms with E-state index in [4.69, 9.17) is 4.74 Å². The number of ether oxygens (including phenoxy) is 3. The average Bonchev–Trinajstić information content (AvgIpc) is 2.18. The Labute approximate surface area is 89.0 Å². The maximum absolute atomic E-state index is 11.2. The van der Waals surface area contributed by atoms with Gasteiger partial charge in [-0.2, -0.15) is 0 Å². The minimum atomic E-state index is -0.950. The standard InChI is InChI=1S/C10H16O5/c1-4-6-7-14-9(11)8(3)15-10(12)13-5-2/h4,6,8H,5,7H2,1-3H3/b6-4-/t8-/m0/s1. The lowest BCUT2D eigenvalue weighted by Crippen LogP contribution is -2.26. The quantitative estimate of drug-likeness (QED) is 0.516. The third kappa shape index (κ3) is 6.54. The van der Waals surface area contributed by atoms with Crippen LogP contribution in [0.4, 0.5) is 4.79 Å². The first kappa shape index (κ1) is 13.5. The van der Waals surface area contributed by atoms with E-state index >= 15 is 0 Å². The van der Waals surface area contributed by atoms with Crippen molar-refractivity contribution in [2.45, 2.75) is 26.9 Å². The second-order valence-electron chi connectivity index (χ2n) is 2.64. The SMILES string of the molecule is C/C=C\COC(=O)[C@H](C)OC(=O)OCC. The molecule has 0 aliphatic rings. The van der Waals surface area contributed by atoms with Crippen molar-refractivity contribution in [3.05, 3.63) is 12.2 Å². The van der Waals surface area contributed by atoms with Crippen LogP contribution >= 0.6 is 0 Å². The molecule has 0 bridgehead atoms. The van der Waals surface area contributed by atoms with Crippen molar-refractivity contribution in [1.82, 2.24) is 0 Å². The summed E-state index contributed by atoms with van der Waals surface area (Å²) in [6.07, 6.45) is 1.61. The van der Waals surface area contributed by atoms with Gasteiger partial charge >= 0.3 is 12.1 Å². The van der Waals surface area contributed by atoms with Gasteiger partial charge in [0.15, 0.2) is 6.10 Å². The van der Waals surface area contributed by atoms with E-state index in [0.29, 0.717) is 0 Å². The van der Waals surface area contributed by atoms with Gasteiger partial charge in [-0.25, -0.2) is 9.59 Å². The molecule has 0 aliphatic heterocycles. The predicted octanol–water partition coefficient (Wildman–Crippen LogP) is 1.67. The maximum atomic E-state index is 11.2. The van der Waals surface area contributed by atoms with Crippen LogP contribution in [0, 0.1) is 0 Å². The molecule has 86 valence electrons. The van der Waals surface area contributed by atoms with Gasteiger partial charge in [0.1, 0.15) is 6.61 Å². The Bertz CT molecular complexity index is 234. The van der Waals surface area contributed by atoms with Crippen LogP contribution in [0.5, 0.6) is 0 Å². The van der Waals surface area contributed by atoms with Crippen molar-refractivity contribution in [1.29, 1.82) is 0 Å². The summed E-state index contributed by atoms with van der Waals surface area (Å²) in [5, 5.41) is 0. The zero-order chi connectivity index (χ0) is 11.7. The number of rotatable bonds is 5. The highest BCUT2D eigenvalue weighted by Gasteiger charge is 2.19. The molecule has 5 heteroatoms. The highest BCUT2D eigenvalue weighted by Crippen LogP contribution is 1.97. The van der Waals surface area contributed by atoms with E-state index in [-0.39, 0.29) is 13.2 Å². The topological polar surface area (TPSA) is 61.8 Å². The summed E-state index contributed by atoms with van der Waals surface area (Å²) < 4.78 is 13.9. The molecule has 0 amide bonds. The Morgan fingerprint density at radius 1 is 1.33 bits per heavy atom. The molecule has 0 radical (unpaired) electrons. The molecule has 0 spiro atoms. The van der Waals surface area contributed by atoms with Gasteiger partial charge in [-0.05, 0) is 20.8 Å². The average molecular weight is 216 g/mol. The molecule has 5 nitrogen and oxygen atoms in total. The number of esters is 1. The van der Waals surface area contributed by atoms with E-state index in [1.807, 2.05) is 6.92 Å². The Hall–Kier alpha value is -1.52. The molecule has 0 aromatic rings. The Balaban J connectivity index is 3.82. The molecule has 0 heterocycles. The zero-order valence-corrected chi connectivity index (χ0v) is 9.19. The van der Waals surface area contributed by atoms with Gasteiger partial charge in [-0.3, -0.25) is 0 Å². The molecular formula is C10H16O5. The van der Waals surface area contributed by atoms with Gasteiger partial charge in [-0.1, -0.05) is 12.2 Å². The van der Waals surface area contributed by atoms with Gasteiger partial charge in [0.25, 0.3) is 0 Å². The normalized spacial score (nSPS) is 12.2. The van der Waals surface area contributed by atoms with Crippen LogP contribution in [0.15, 0.2) is 12.2 Å². The van der Waals surface area contributed by atoms with Crippen LogP contribution in [0.25, 0.3) is 0 Å². The van der Waals surface area contributed by atoms with Crippen LogP contribution in [0.3, 0.4) is 0 Å². The molecule has 0 rings (SSSR count). The van der Waals surface area contributed by atoms with E-state index in [2.05, 4.69) is 9.47 Å². The molecule has 0 N–H and O–H groups in total. The summed E-state index contributed by atoms with van der Waals surface area (Å²) in [7, 11) is 0. The summed E-state index contributed by atoms with van der Waals surface area (Å²) in [5.74, 6) is -0.596. The van der Waals surface area contributed by atoms with E-state index in [0.717, 1.165) is 0 Å². The Morgan fingerprint density at radius 3 is 2.53 bits per heavy atom. The van der Waals surface area contributed by atoms with Gasteiger partial charge in [0.2, 0.25) is 0 Å². The molecule has 0 fully saturated rings. The third-order valence-corrected chi connectivity index (χ3v) is 1.42. The van der Waals surface area contributed by atoms with Gasteiger partial charge in [0.05, 0.1) is 6.61 Å².